The highest BCUT2D eigenvalue weighted by Gasteiger charge is 2.14. The van der Waals surface area contributed by atoms with Crippen molar-refractivity contribution in [3.63, 3.8) is 0 Å². The van der Waals surface area contributed by atoms with Crippen molar-refractivity contribution >= 4 is 34.7 Å². The number of nitrogens with one attached hydrogen (secondary N) is 1. The summed E-state index contributed by atoms with van der Waals surface area (Å²) in [6, 6.07) is 3.69. The number of phenolic OH excluding ortho intramolecular Hbond substituents is 1. The summed E-state index contributed by atoms with van der Waals surface area (Å²) < 4.78 is 0. The molecule has 0 spiro atoms. The first-order valence-electron chi connectivity index (χ1n) is 4.50. The molecule has 0 aliphatic heterocycles. The molecule has 0 aliphatic rings. The lowest BCUT2D eigenvalue weighted by Crippen LogP contribution is -2.41. The third-order valence-corrected chi connectivity index (χ3v) is 2.65. The molecule has 0 aromatic heterocycles. The van der Waals surface area contributed by atoms with Crippen molar-refractivity contribution in [2.75, 3.05) is 0 Å². The number of thiocarbonyl (C=S) groups is 1. The van der Waals surface area contributed by atoms with Gasteiger partial charge in [-0.2, -0.15) is 0 Å². The Morgan fingerprint density at radius 1 is 1.62 bits per heavy atom. The van der Waals surface area contributed by atoms with Gasteiger partial charge in [0, 0.05) is 0 Å². The van der Waals surface area contributed by atoms with Crippen LogP contribution in [0, 0.1) is 0 Å². The first kappa shape index (κ1) is 12.7. The Balaban J connectivity index is 2.88. The van der Waals surface area contributed by atoms with E-state index < -0.39 is 11.9 Å². The number of benzene rings is 1. The van der Waals surface area contributed by atoms with Crippen LogP contribution >= 0.6 is 23.8 Å². The molecule has 0 radical (unpaired) electrons. The number of nitrogens with two attached hydrogens (primary N) is 1. The van der Waals surface area contributed by atoms with E-state index in [-0.39, 0.29) is 21.3 Å². The molecule has 1 aromatic rings. The van der Waals surface area contributed by atoms with Gasteiger partial charge in [0.1, 0.15) is 5.75 Å². The van der Waals surface area contributed by atoms with Crippen LogP contribution in [-0.2, 0) is 0 Å². The molecule has 0 aliphatic carbocycles. The SMILES string of the molecule is CC(NC(=O)c1cc(O)ccc1Cl)C(N)=S. The summed E-state index contributed by atoms with van der Waals surface area (Å²) in [4.78, 5) is 11.9. The van der Waals surface area contributed by atoms with Gasteiger partial charge in [-0.1, -0.05) is 23.8 Å². The molecule has 0 saturated heterocycles. The molecule has 4 nitrogen and oxygen atoms in total. The average Bonchev–Trinajstić information content (AvgIpc) is 2.21. The standard InChI is InChI=1S/C10H11ClN2O2S/c1-5(9(12)16)13-10(15)7-4-6(14)2-3-8(7)11/h2-5,14H,1H3,(H2,12,16)(H,13,15). The third kappa shape index (κ3) is 3.08. The number of hydrogen-bond acceptors (Lipinski definition) is 3. The number of phenols is 1. The van der Waals surface area contributed by atoms with Gasteiger partial charge in [0.2, 0.25) is 0 Å². The largest absolute Gasteiger partial charge is 0.508 e. The Kier molecular flexibility index (Phi) is 4.09. The fraction of sp³-hybridized carbons (Fsp3) is 0.200. The third-order valence-electron chi connectivity index (χ3n) is 1.97. The molecule has 1 amide bonds. The normalized spacial score (nSPS) is 11.9. The first-order chi connectivity index (χ1) is 7.41. The summed E-state index contributed by atoms with van der Waals surface area (Å²) in [6.07, 6.45) is 0. The van der Waals surface area contributed by atoms with Crippen LogP contribution in [0.4, 0.5) is 0 Å². The molecule has 0 bridgehead atoms. The minimum Gasteiger partial charge on any atom is -0.508 e. The number of rotatable bonds is 3. The highest BCUT2D eigenvalue weighted by Crippen LogP contribution is 2.20. The van der Waals surface area contributed by atoms with Crippen LogP contribution in [-0.4, -0.2) is 22.0 Å². The zero-order valence-corrected chi connectivity index (χ0v) is 10.1. The van der Waals surface area contributed by atoms with Crippen molar-refractivity contribution in [3.8, 4) is 5.75 Å². The molecule has 1 rings (SSSR count). The van der Waals surface area contributed by atoms with Crippen molar-refractivity contribution in [1.82, 2.24) is 5.32 Å². The smallest absolute Gasteiger partial charge is 0.253 e. The van der Waals surface area contributed by atoms with E-state index >= 15 is 0 Å². The van der Waals surface area contributed by atoms with Gasteiger partial charge >= 0.3 is 0 Å². The quantitative estimate of drug-likeness (QED) is 0.718. The van der Waals surface area contributed by atoms with Gasteiger partial charge < -0.3 is 16.2 Å². The van der Waals surface area contributed by atoms with Gasteiger partial charge in [-0.3, -0.25) is 4.79 Å². The molecule has 16 heavy (non-hydrogen) atoms. The second-order valence-corrected chi connectivity index (χ2v) is 4.14. The van der Waals surface area contributed by atoms with E-state index in [0.29, 0.717) is 0 Å². The number of aromatic hydroxyl groups is 1. The lowest BCUT2D eigenvalue weighted by Gasteiger charge is -2.12. The molecule has 4 N–H and O–H groups in total. The zero-order valence-electron chi connectivity index (χ0n) is 8.53. The molecule has 0 heterocycles. The molecular weight excluding hydrogens is 248 g/mol. The van der Waals surface area contributed by atoms with Gasteiger partial charge in [0.05, 0.1) is 21.6 Å². The predicted octanol–water partition coefficient (Wildman–Crippen LogP) is 1.45. The van der Waals surface area contributed by atoms with Gasteiger partial charge in [0.25, 0.3) is 5.91 Å². The van der Waals surface area contributed by atoms with Crippen molar-refractivity contribution in [2.24, 2.45) is 5.73 Å². The van der Waals surface area contributed by atoms with Crippen LogP contribution in [0.25, 0.3) is 0 Å². The second kappa shape index (κ2) is 5.14. The minimum atomic E-state index is -0.430. The minimum absolute atomic E-state index is 0.0301. The summed E-state index contributed by atoms with van der Waals surface area (Å²) in [5.74, 6) is -0.460. The number of carbonyl (C=O) groups excluding carboxylic acids is 1. The fourth-order valence-corrected chi connectivity index (χ4v) is 1.30. The highest BCUT2D eigenvalue weighted by molar-refractivity contribution is 7.80. The van der Waals surface area contributed by atoms with E-state index in [0.717, 1.165) is 0 Å². The fourth-order valence-electron chi connectivity index (χ4n) is 1.03. The maximum absolute atomic E-state index is 11.7. The number of amides is 1. The van der Waals surface area contributed by atoms with Gasteiger partial charge in [-0.05, 0) is 25.1 Å². The van der Waals surface area contributed by atoms with Crippen LogP contribution in [0.5, 0.6) is 5.75 Å². The average molecular weight is 259 g/mol. The van der Waals surface area contributed by atoms with Crippen LogP contribution in [0.2, 0.25) is 5.02 Å². The lowest BCUT2D eigenvalue weighted by molar-refractivity contribution is 0.0949. The monoisotopic (exact) mass is 258 g/mol. The molecule has 0 saturated carbocycles. The van der Waals surface area contributed by atoms with Crippen molar-refractivity contribution in [2.45, 2.75) is 13.0 Å². The highest BCUT2D eigenvalue weighted by atomic mass is 35.5. The van der Waals surface area contributed by atoms with Gasteiger partial charge in [-0.15, -0.1) is 0 Å². The topological polar surface area (TPSA) is 75.3 Å². The molecule has 6 heteroatoms. The van der Waals surface area contributed by atoms with Gasteiger partial charge in [0.15, 0.2) is 0 Å². The second-order valence-electron chi connectivity index (χ2n) is 3.26. The Hall–Kier alpha value is -1.33. The maximum Gasteiger partial charge on any atom is 0.253 e. The van der Waals surface area contributed by atoms with Gasteiger partial charge in [-0.25, -0.2) is 0 Å². The Morgan fingerprint density at radius 2 is 2.25 bits per heavy atom. The van der Waals surface area contributed by atoms with E-state index in [1.165, 1.54) is 18.2 Å². The van der Waals surface area contributed by atoms with Crippen molar-refractivity contribution in [3.05, 3.63) is 28.8 Å². The number of carbonyl (C=O) groups is 1. The molecular formula is C10H11ClN2O2S. The van der Waals surface area contributed by atoms with E-state index in [1.54, 1.807) is 6.92 Å². The summed E-state index contributed by atoms with van der Waals surface area (Å²) in [7, 11) is 0. The van der Waals surface area contributed by atoms with Crippen LogP contribution in [0.3, 0.4) is 0 Å². The predicted molar refractivity (Wildman–Crippen MR) is 66.8 cm³/mol. The Bertz CT molecular complexity index is 437. The van der Waals surface area contributed by atoms with E-state index in [2.05, 4.69) is 5.32 Å². The Morgan fingerprint density at radius 3 is 2.81 bits per heavy atom. The van der Waals surface area contributed by atoms with Crippen molar-refractivity contribution < 1.29 is 9.90 Å². The summed E-state index contributed by atoms with van der Waals surface area (Å²) in [5, 5.41) is 12.1. The molecule has 0 fully saturated rings. The molecule has 1 unspecified atom stereocenters. The molecule has 1 aromatic carbocycles. The molecule has 86 valence electrons. The molecule has 1 atom stereocenters. The van der Waals surface area contributed by atoms with E-state index in [4.69, 9.17) is 29.6 Å². The summed E-state index contributed by atoms with van der Waals surface area (Å²) in [5.41, 5.74) is 5.55. The zero-order chi connectivity index (χ0) is 12.3. The number of halogens is 1. The van der Waals surface area contributed by atoms with Crippen LogP contribution < -0.4 is 11.1 Å². The number of hydrogen-bond donors (Lipinski definition) is 3. The maximum atomic E-state index is 11.7. The Labute approximate surface area is 103 Å². The van der Waals surface area contributed by atoms with Crippen molar-refractivity contribution in [1.29, 1.82) is 0 Å². The van der Waals surface area contributed by atoms with E-state index in [9.17, 15) is 9.90 Å². The summed E-state index contributed by atoms with van der Waals surface area (Å²) >= 11 is 10.5. The van der Waals surface area contributed by atoms with Crippen LogP contribution in [0.15, 0.2) is 18.2 Å². The van der Waals surface area contributed by atoms with Crippen LogP contribution in [0.1, 0.15) is 17.3 Å². The first-order valence-corrected chi connectivity index (χ1v) is 5.29. The lowest BCUT2D eigenvalue weighted by atomic mass is 10.2. The van der Waals surface area contributed by atoms with E-state index in [1.807, 2.05) is 0 Å². The summed E-state index contributed by atoms with van der Waals surface area (Å²) in [6.45, 7) is 1.66.